The number of hydrogen-bond donors (Lipinski definition) is 0. The summed E-state index contributed by atoms with van der Waals surface area (Å²) in [4.78, 5) is 0. The Bertz CT molecular complexity index is 768. The van der Waals surface area contributed by atoms with Gasteiger partial charge in [0.25, 0.3) is 0 Å². The first-order valence-corrected chi connectivity index (χ1v) is 6.42. The van der Waals surface area contributed by atoms with Crippen molar-refractivity contribution in [3.63, 3.8) is 0 Å². The molecule has 2 nitrogen and oxygen atoms in total. The number of halogens is 1. The Morgan fingerprint density at radius 1 is 1.00 bits per heavy atom. The summed E-state index contributed by atoms with van der Waals surface area (Å²) in [7, 11) is 0. The molecule has 0 fully saturated rings. The molecule has 1 heterocycles. The number of aryl methyl sites for hydroxylation is 1. The molecule has 0 bridgehead atoms. The van der Waals surface area contributed by atoms with Gasteiger partial charge in [-0.1, -0.05) is 29.8 Å². The average molecular weight is 270 g/mol. The van der Waals surface area contributed by atoms with E-state index >= 15 is 0 Å². The van der Waals surface area contributed by atoms with E-state index in [0.717, 1.165) is 21.2 Å². The quantitative estimate of drug-likeness (QED) is 0.483. The first kappa shape index (κ1) is 12.0. The zero-order chi connectivity index (χ0) is 13.4. The van der Waals surface area contributed by atoms with E-state index in [-0.39, 0.29) is 0 Å². The van der Waals surface area contributed by atoms with Gasteiger partial charge >= 0.3 is 0 Å². The van der Waals surface area contributed by atoms with E-state index < -0.39 is 0 Å². The fraction of sp³-hybridized carbons (Fsp3) is 0.0625. The molecule has 0 atom stereocenters. The second kappa shape index (κ2) is 4.56. The molecule has 3 aromatic rings. The molecule has 0 unspecified atom stereocenters. The molecule has 0 saturated carbocycles. The topological polar surface area (TPSA) is 26.9 Å². The summed E-state index contributed by atoms with van der Waals surface area (Å²) in [6, 6.07) is 17.0. The van der Waals surface area contributed by atoms with Crippen LogP contribution in [-0.2, 0) is 0 Å². The number of rotatable bonds is 1. The van der Waals surface area contributed by atoms with Gasteiger partial charge in [-0.15, -0.1) is 0 Å². The summed E-state index contributed by atoms with van der Waals surface area (Å²) in [6.45, 7) is 1.94. The van der Waals surface area contributed by atoms with Crippen LogP contribution in [0.4, 0.5) is 0 Å². The van der Waals surface area contributed by atoms with Gasteiger partial charge in [0.15, 0.2) is 0 Å². The Balaban J connectivity index is 2.25. The highest BCUT2D eigenvalue weighted by Gasteiger charge is 2.12. The molecule has 0 amide bonds. The van der Waals surface area contributed by atoms with Gasteiger partial charge in [0.2, 0.25) is 11.2 Å². The summed E-state index contributed by atoms with van der Waals surface area (Å²) in [6.07, 6.45) is 0. The Kier molecular flexibility index (Phi) is 2.88. The smallest absolute Gasteiger partial charge is 0.224 e. The third-order valence-electron chi connectivity index (χ3n) is 3.26. The zero-order valence-corrected chi connectivity index (χ0v) is 11.2. The van der Waals surface area contributed by atoms with E-state index in [2.05, 4.69) is 0 Å². The van der Waals surface area contributed by atoms with Crippen molar-refractivity contribution < 1.29 is 4.73 Å². The summed E-state index contributed by atoms with van der Waals surface area (Å²) in [5.41, 5.74) is 3.11. The molecule has 94 valence electrons. The number of hydrogen-bond acceptors (Lipinski definition) is 1. The van der Waals surface area contributed by atoms with Gasteiger partial charge in [-0.25, -0.2) is 0 Å². The highest BCUT2D eigenvalue weighted by Crippen LogP contribution is 2.24. The van der Waals surface area contributed by atoms with Crippen molar-refractivity contribution in [2.24, 2.45) is 0 Å². The Hall–Kier alpha value is -2.06. The van der Waals surface area contributed by atoms with E-state index in [4.69, 9.17) is 11.6 Å². The van der Waals surface area contributed by atoms with E-state index in [1.807, 2.05) is 61.5 Å². The highest BCUT2D eigenvalue weighted by molar-refractivity contribution is 6.31. The van der Waals surface area contributed by atoms with Gasteiger partial charge in [0.05, 0.1) is 0 Å². The van der Waals surface area contributed by atoms with Crippen molar-refractivity contribution in [2.45, 2.75) is 6.92 Å². The first-order valence-electron chi connectivity index (χ1n) is 6.04. The minimum absolute atomic E-state index is 0.612. The van der Waals surface area contributed by atoms with E-state index in [1.54, 1.807) is 0 Å². The molecule has 0 aliphatic rings. The monoisotopic (exact) mass is 269 g/mol. The van der Waals surface area contributed by atoms with Crippen LogP contribution in [0.3, 0.4) is 0 Å². The van der Waals surface area contributed by atoms with Crippen LogP contribution in [0.15, 0.2) is 54.6 Å². The van der Waals surface area contributed by atoms with Crippen molar-refractivity contribution in [2.75, 3.05) is 0 Å². The molecule has 1 aromatic heterocycles. The number of fused-ring (bicyclic) bond motifs is 1. The normalized spacial score (nSPS) is 10.8. The van der Waals surface area contributed by atoms with Crippen molar-refractivity contribution in [3.8, 4) is 11.3 Å². The van der Waals surface area contributed by atoms with Gasteiger partial charge < -0.3 is 5.21 Å². The van der Waals surface area contributed by atoms with Crippen molar-refractivity contribution in [3.05, 3.63) is 70.4 Å². The minimum atomic E-state index is 0.612. The number of benzene rings is 2. The Morgan fingerprint density at radius 3 is 2.58 bits per heavy atom. The van der Waals surface area contributed by atoms with Gasteiger partial charge in [-0.3, -0.25) is 0 Å². The number of pyridine rings is 1. The van der Waals surface area contributed by atoms with Crippen LogP contribution in [0.1, 0.15) is 5.56 Å². The third kappa shape index (κ3) is 2.04. The zero-order valence-electron chi connectivity index (χ0n) is 10.4. The maximum Gasteiger partial charge on any atom is 0.224 e. The molecular weight excluding hydrogens is 258 g/mol. The summed E-state index contributed by atoms with van der Waals surface area (Å²) in [5.74, 6) is 0. The van der Waals surface area contributed by atoms with Crippen molar-refractivity contribution in [1.82, 2.24) is 0 Å². The molecular formula is C16H12ClNO. The molecule has 0 radical (unpaired) electrons. The lowest BCUT2D eigenvalue weighted by molar-refractivity contribution is -0.565. The lowest BCUT2D eigenvalue weighted by Gasteiger charge is -2.08. The number of aromatic nitrogens is 1. The number of para-hydroxylation sites is 1. The molecule has 3 rings (SSSR count). The molecule has 0 N–H and O–H groups in total. The average Bonchev–Trinajstić information content (AvgIpc) is 2.43. The van der Waals surface area contributed by atoms with Crippen LogP contribution in [0.5, 0.6) is 0 Å². The predicted octanol–water partition coefficient (Wildman–Crippen LogP) is 4.10. The standard InChI is InChI=1S/C16H12ClNO/c1-11-6-7-13(10-14(11)17)16-9-8-12-4-2-3-5-15(12)18(16)19/h2-10H,1H3. The Labute approximate surface area is 116 Å². The third-order valence-corrected chi connectivity index (χ3v) is 3.67. The fourth-order valence-corrected chi connectivity index (χ4v) is 2.33. The summed E-state index contributed by atoms with van der Waals surface area (Å²) < 4.78 is 0.955. The lowest BCUT2D eigenvalue weighted by Crippen LogP contribution is -2.29. The minimum Gasteiger partial charge on any atom is -0.618 e. The summed E-state index contributed by atoms with van der Waals surface area (Å²) in [5, 5.41) is 14.0. The molecule has 0 aliphatic carbocycles. The van der Waals surface area contributed by atoms with Gasteiger partial charge in [-0.2, -0.15) is 4.73 Å². The van der Waals surface area contributed by atoms with Crippen molar-refractivity contribution in [1.29, 1.82) is 0 Å². The molecule has 0 spiro atoms. The van der Waals surface area contributed by atoms with Crippen LogP contribution >= 0.6 is 11.6 Å². The maximum absolute atomic E-state index is 12.4. The molecule has 3 heteroatoms. The van der Waals surface area contributed by atoms with Crippen LogP contribution < -0.4 is 4.73 Å². The highest BCUT2D eigenvalue weighted by atomic mass is 35.5. The molecule has 0 aliphatic heterocycles. The van der Waals surface area contributed by atoms with Crippen LogP contribution in [0.2, 0.25) is 5.02 Å². The van der Waals surface area contributed by atoms with Crippen LogP contribution in [0, 0.1) is 12.1 Å². The van der Waals surface area contributed by atoms with E-state index in [0.29, 0.717) is 16.2 Å². The molecule has 19 heavy (non-hydrogen) atoms. The first-order chi connectivity index (χ1) is 9.16. The summed E-state index contributed by atoms with van der Waals surface area (Å²) >= 11 is 6.12. The molecule has 0 saturated heterocycles. The Morgan fingerprint density at radius 2 is 1.79 bits per heavy atom. The number of nitrogens with zero attached hydrogens (tertiary/aromatic N) is 1. The van der Waals surface area contributed by atoms with Crippen LogP contribution in [-0.4, -0.2) is 0 Å². The maximum atomic E-state index is 12.4. The predicted molar refractivity (Wildman–Crippen MR) is 78.1 cm³/mol. The van der Waals surface area contributed by atoms with Crippen LogP contribution in [0.25, 0.3) is 22.2 Å². The van der Waals surface area contributed by atoms with Gasteiger partial charge in [-0.05, 0) is 36.8 Å². The second-order valence-corrected chi connectivity index (χ2v) is 4.94. The van der Waals surface area contributed by atoms with E-state index in [1.165, 1.54) is 0 Å². The van der Waals surface area contributed by atoms with Gasteiger partial charge in [0, 0.05) is 28.1 Å². The lowest BCUT2D eigenvalue weighted by atomic mass is 10.1. The molecule has 2 aromatic carbocycles. The van der Waals surface area contributed by atoms with Gasteiger partial charge in [0.1, 0.15) is 0 Å². The second-order valence-electron chi connectivity index (χ2n) is 4.54. The largest absolute Gasteiger partial charge is 0.618 e. The van der Waals surface area contributed by atoms with Crippen molar-refractivity contribution >= 4 is 22.5 Å². The SMILES string of the molecule is Cc1ccc(-c2ccc3ccccc3[n+]2[O-])cc1Cl. The fourth-order valence-electron chi connectivity index (χ4n) is 2.15. The van der Waals surface area contributed by atoms with E-state index in [9.17, 15) is 5.21 Å².